The molecule has 9 heteroatoms. The minimum atomic E-state index is -0.441. The maximum absolute atomic E-state index is 13.4. The van der Waals surface area contributed by atoms with Crippen LogP contribution in [0.1, 0.15) is 32.3 Å². The van der Waals surface area contributed by atoms with Crippen LogP contribution in [0.4, 0.5) is 16.2 Å². The number of rotatable bonds is 7. The zero-order valence-electron chi connectivity index (χ0n) is 23.8. The molecule has 216 valence electrons. The van der Waals surface area contributed by atoms with Crippen LogP contribution in [0.15, 0.2) is 60.7 Å². The Labute approximate surface area is 240 Å². The van der Waals surface area contributed by atoms with Crippen LogP contribution in [0.3, 0.4) is 0 Å². The number of aliphatic hydroxyl groups excluding tert-OH is 1. The number of amides is 4. The number of nitrogens with one attached hydrogen (secondary N) is 2. The fraction of sp³-hybridized carbons (Fsp3) is 0.406. The van der Waals surface area contributed by atoms with E-state index in [2.05, 4.69) is 10.6 Å². The Balaban J connectivity index is 1.38. The molecule has 0 saturated heterocycles. The van der Waals surface area contributed by atoms with Gasteiger partial charge in [0.05, 0.1) is 31.3 Å². The lowest BCUT2D eigenvalue weighted by Gasteiger charge is -2.34. The molecule has 41 heavy (non-hydrogen) atoms. The van der Waals surface area contributed by atoms with Crippen LogP contribution in [0, 0.1) is 11.8 Å². The van der Waals surface area contributed by atoms with E-state index in [1.54, 1.807) is 35.0 Å². The first kappa shape index (κ1) is 28.4. The van der Waals surface area contributed by atoms with E-state index in [9.17, 15) is 19.5 Å². The van der Waals surface area contributed by atoms with Gasteiger partial charge in [0.1, 0.15) is 11.9 Å². The van der Waals surface area contributed by atoms with E-state index in [1.165, 1.54) is 0 Å². The van der Waals surface area contributed by atoms with Crippen molar-refractivity contribution in [3.05, 3.63) is 66.2 Å². The lowest BCUT2D eigenvalue weighted by atomic mass is 10.0. The first-order valence-electron chi connectivity index (χ1n) is 14.2. The number of fused-ring (bicyclic) bond motifs is 2. The second-order valence-corrected chi connectivity index (χ2v) is 11.3. The molecule has 0 spiro atoms. The Morgan fingerprint density at radius 3 is 2.61 bits per heavy atom. The molecule has 0 radical (unpaired) electrons. The third-order valence-corrected chi connectivity index (χ3v) is 7.96. The molecule has 4 amide bonds. The van der Waals surface area contributed by atoms with E-state index in [0.29, 0.717) is 23.5 Å². The Kier molecular flexibility index (Phi) is 8.44. The minimum absolute atomic E-state index is 0.0129. The van der Waals surface area contributed by atoms with E-state index >= 15 is 0 Å². The monoisotopic (exact) mass is 558 g/mol. The standard InChI is InChI=1S/C32H38N4O5/c1-20-17-36(21(2)19-37)30(38)16-24-15-25(33-31(39)23-11-12-23)13-14-28(24)41-29(20)18-35(3)32(40)34-27-10-6-8-22-7-4-5-9-26(22)27/h4-10,13-15,20-21,23,29,37H,11-12,16-19H2,1-3H3,(H,33,39)(H,34,40)/t20-,21+,29-/m0/s1. The number of aliphatic hydroxyl groups is 1. The Morgan fingerprint density at radius 2 is 1.85 bits per heavy atom. The highest BCUT2D eigenvalue weighted by atomic mass is 16.5. The molecule has 2 aliphatic rings. The van der Waals surface area contributed by atoms with Crippen molar-refractivity contribution in [3.63, 3.8) is 0 Å². The second kappa shape index (κ2) is 12.2. The summed E-state index contributed by atoms with van der Waals surface area (Å²) in [5.74, 6) is 0.305. The molecule has 1 heterocycles. The summed E-state index contributed by atoms with van der Waals surface area (Å²) in [6, 6.07) is 18.4. The fourth-order valence-electron chi connectivity index (χ4n) is 5.21. The highest BCUT2D eigenvalue weighted by molar-refractivity contribution is 6.01. The SMILES string of the molecule is C[C@H](CO)N1C[C@H](C)[C@H](CN(C)C(=O)Nc2cccc3ccccc23)Oc2ccc(NC(=O)C3CC3)cc2CC1=O. The van der Waals surface area contributed by atoms with E-state index in [4.69, 9.17) is 4.74 Å². The molecule has 9 nitrogen and oxygen atoms in total. The maximum Gasteiger partial charge on any atom is 0.321 e. The van der Waals surface area contributed by atoms with Gasteiger partial charge < -0.3 is 30.3 Å². The van der Waals surface area contributed by atoms with E-state index in [-0.39, 0.29) is 55.3 Å². The third-order valence-electron chi connectivity index (χ3n) is 7.96. The lowest BCUT2D eigenvalue weighted by molar-refractivity contribution is -0.134. The molecular weight excluding hydrogens is 520 g/mol. The van der Waals surface area contributed by atoms with Crippen molar-refractivity contribution in [1.29, 1.82) is 0 Å². The van der Waals surface area contributed by atoms with E-state index in [0.717, 1.165) is 29.3 Å². The maximum atomic E-state index is 13.4. The molecule has 0 bridgehead atoms. The number of likely N-dealkylation sites (N-methyl/N-ethyl adjacent to an activating group) is 1. The normalized spacial score (nSPS) is 19.7. The Morgan fingerprint density at radius 1 is 1.10 bits per heavy atom. The molecule has 5 rings (SSSR count). The fourth-order valence-corrected chi connectivity index (χ4v) is 5.21. The lowest BCUT2D eigenvalue weighted by Crippen LogP contribution is -2.48. The van der Waals surface area contributed by atoms with E-state index < -0.39 is 6.10 Å². The molecule has 1 aliphatic carbocycles. The highest BCUT2D eigenvalue weighted by Gasteiger charge is 2.33. The van der Waals surface area contributed by atoms with Gasteiger partial charge in [-0.25, -0.2) is 4.79 Å². The van der Waals surface area contributed by atoms with Crippen LogP contribution in [-0.4, -0.2) is 71.6 Å². The van der Waals surface area contributed by atoms with Gasteiger partial charge in [0.15, 0.2) is 0 Å². The first-order valence-corrected chi connectivity index (χ1v) is 14.2. The van der Waals surface area contributed by atoms with Gasteiger partial charge in [-0.05, 0) is 49.4 Å². The van der Waals surface area contributed by atoms with Crippen LogP contribution in [-0.2, 0) is 16.0 Å². The quantitative estimate of drug-likeness (QED) is 0.396. The van der Waals surface area contributed by atoms with Crippen molar-refractivity contribution in [1.82, 2.24) is 9.80 Å². The summed E-state index contributed by atoms with van der Waals surface area (Å²) in [5, 5.41) is 17.8. The number of carbonyl (C=O) groups excluding carboxylic acids is 3. The van der Waals surface area contributed by atoms with Gasteiger partial charge in [-0.2, -0.15) is 0 Å². The zero-order chi connectivity index (χ0) is 29.1. The van der Waals surface area contributed by atoms with Gasteiger partial charge in [0.25, 0.3) is 0 Å². The highest BCUT2D eigenvalue weighted by Crippen LogP contribution is 2.33. The summed E-state index contributed by atoms with van der Waals surface area (Å²) < 4.78 is 6.52. The number of benzene rings is 3. The number of nitrogens with zero attached hydrogens (tertiary/aromatic N) is 2. The summed E-state index contributed by atoms with van der Waals surface area (Å²) in [4.78, 5) is 42.4. The van der Waals surface area contributed by atoms with Crippen LogP contribution >= 0.6 is 0 Å². The number of ether oxygens (including phenoxy) is 1. The largest absolute Gasteiger partial charge is 0.488 e. The molecule has 1 saturated carbocycles. The zero-order valence-corrected chi connectivity index (χ0v) is 23.8. The second-order valence-electron chi connectivity index (χ2n) is 11.3. The molecule has 1 fully saturated rings. The van der Waals surface area contributed by atoms with Crippen molar-refractivity contribution in [2.24, 2.45) is 11.8 Å². The van der Waals surface area contributed by atoms with Gasteiger partial charge in [-0.1, -0.05) is 43.3 Å². The van der Waals surface area contributed by atoms with Gasteiger partial charge >= 0.3 is 6.03 Å². The van der Waals surface area contributed by atoms with Gasteiger partial charge in [0.2, 0.25) is 11.8 Å². The molecule has 3 aromatic rings. The van der Waals surface area contributed by atoms with Gasteiger partial charge in [-0.15, -0.1) is 0 Å². The summed E-state index contributed by atoms with van der Waals surface area (Å²) in [7, 11) is 1.72. The van der Waals surface area contributed by atoms with E-state index in [1.807, 2.05) is 56.3 Å². The van der Waals surface area contributed by atoms with Crippen molar-refractivity contribution in [2.75, 3.05) is 37.4 Å². The average Bonchev–Trinajstić information content (AvgIpc) is 3.81. The number of anilines is 2. The van der Waals surface area contributed by atoms with Gasteiger partial charge in [0, 0.05) is 42.1 Å². The molecule has 0 aromatic heterocycles. The van der Waals surface area contributed by atoms with Crippen molar-refractivity contribution >= 4 is 40.0 Å². The molecule has 3 atom stereocenters. The summed E-state index contributed by atoms with van der Waals surface area (Å²) in [5.41, 5.74) is 2.00. The van der Waals surface area contributed by atoms with Crippen LogP contribution in [0.25, 0.3) is 10.8 Å². The van der Waals surface area contributed by atoms with Crippen LogP contribution in [0.2, 0.25) is 0 Å². The topological polar surface area (TPSA) is 111 Å². The predicted molar refractivity (Wildman–Crippen MR) is 159 cm³/mol. The summed E-state index contributed by atoms with van der Waals surface area (Å²) in [6.07, 6.45) is 1.42. The van der Waals surface area contributed by atoms with Crippen LogP contribution < -0.4 is 15.4 Å². The predicted octanol–water partition coefficient (Wildman–Crippen LogP) is 4.50. The molecule has 0 unspecified atom stereocenters. The number of carbonyl (C=O) groups is 3. The molecule has 1 aliphatic heterocycles. The summed E-state index contributed by atoms with van der Waals surface area (Å²) >= 11 is 0. The first-order chi connectivity index (χ1) is 19.7. The van der Waals surface area contributed by atoms with Crippen molar-refractivity contribution < 1.29 is 24.2 Å². The number of hydrogen-bond donors (Lipinski definition) is 3. The Bertz CT molecular complexity index is 1430. The number of urea groups is 1. The van der Waals surface area contributed by atoms with Crippen molar-refractivity contribution in [3.8, 4) is 5.75 Å². The average molecular weight is 559 g/mol. The minimum Gasteiger partial charge on any atom is -0.488 e. The third kappa shape index (κ3) is 6.62. The summed E-state index contributed by atoms with van der Waals surface area (Å²) in [6.45, 7) is 4.27. The van der Waals surface area contributed by atoms with Gasteiger partial charge in [-0.3, -0.25) is 9.59 Å². The van der Waals surface area contributed by atoms with Crippen LogP contribution in [0.5, 0.6) is 5.75 Å². The Hall–Kier alpha value is -4.11. The molecule has 3 N–H and O–H groups in total. The van der Waals surface area contributed by atoms with Crippen molar-refractivity contribution in [2.45, 2.75) is 45.3 Å². The molecular formula is C32H38N4O5. The number of hydrogen-bond acceptors (Lipinski definition) is 5. The smallest absolute Gasteiger partial charge is 0.321 e. The molecule has 3 aromatic carbocycles.